The minimum Gasteiger partial charge on any atom is -0.372 e. The van der Waals surface area contributed by atoms with Gasteiger partial charge in [0, 0.05) is 43.5 Å². The molecule has 0 saturated carbocycles. The maximum absolute atomic E-state index is 12.5. The fraction of sp³-hybridized carbons (Fsp3) is 0.579. The Balaban J connectivity index is 1.62. The van der Waals surface area contributed by atoms with Gasteiger partial charge in [-0.05, 0) is 44.5 Å². The second-order valence-corrected chi connectivity index (χ2v) is 9.43. The van der Waals surface area contributed by atoms with E-state index in [1.54, 1.807) is 4.90 Å². The molecule has 1 N–H and O–H groups in total. The van der Waals surface area contributed by atoms with Crippen LogP contribution in [0.4, 0.5) is 11.4 Å². The molecule has 2 saturated heterocycles. The maximum Gasteiger partial charge on any atom is 0.227 e. The van der Waals surface area contributed by atoms with Gasteiger partial charge >= 0.3 is 0 Å². The molecule has 2 fully saturated rings. The highest BCUT2D eigenvalue weighted by Crippen LogP contribution is 2.27. The molecule has 3 rings (SSSR count). The number of carbonyl (C=O) groups excluding carboxylic acids is 2. The summed E-state index contributed by atoms with van der Waals surface area (Å²) in [6, 6.07) is 7.48. The summed E-state index contributed by atoms with van der Waals surface area (Å²) >= 11 is 0. The molecule has 1 aromatic rings. The van der Waals surface area contributed by atoms with Gasteiger partial charge in [-0.2, -0.15) is 0 Å². The van der Waals surface area contributed by atoms with Crippen LogP contribution in [0.2, 0.25) is 0 Å². The smallest absolute Gasteiger partial charge is 0.227 e. The van der Waals surface area contributed by atoms with Gasteiger partial charge in [0.05, 0.1) is 17.4 Å². The Morgan fingerprint density at radius 3 is 2.44 bits per heavy atom. The summed E-state index contributed by atoms with van der Waals surface area (Å²) in [6.45, 7) is 6.35. The lowest BCUT2D eigenvalue weighted by Crippen LogP contribution is -2.40. The van der Waals surface area contributed by atoms with Crippen LogP contribution in [0.5, 0.6) is 0 Å². The van der Waals surface area contributed by atoms with Gasteiger partial charge in [-0.15, -0.1) is 0 Å². The molecule has 148 valence electrons. The van der Waals surface area contributed by atoms with Crippen LogP contribution in [-0.4, -0.2) is 57.4 Å². The van der Waals surface area contributed by atoms with E-state index >= 15 is 0 Å². The van der Waals surface area contributed by atoms with Crippen LogP contribution in [0, 0.1) is 5.92 Å². The van der Waals surface area contributed by atoms with Gasteiger partial charge in [-0.25, -0.2) is 8.42 Å². The number of carbonyl (C=O) groups is 2. The monoisotopic (exact) mass is 393 g/mol. The molecule has 2 atom stereocenters. The third-order valence-corrected chi connectivity index (χ3v) is 7.13. The summed E-state index contributed by atoms with van der Waals surface area (Å²) in [5, 5.41) is 2.80. The Morgan fingerprint density at radius 1 is 1.22 bits per heavy atom. The molecule has 1 aromatic carbocycles. The van der Waals surface area contributed by atoms with E-state index in [0.717, 1.165) is 24.5 Å². The number of amides is 2. The molecule has 2 aliphatic heterocycles. The number of nitrogens with zero attached hydrogens (tertiary/aromatic N) is 2. The van der Waals surface area contributed by atoms with Gasteiger partial charge in [0.2, 0.25) is 11.8 Å². The zero-order valence-electron chi connectivity index (χ0n) is 15.8. The molecular weight excluding hydrogens is 366 g/mol. The molecule has 7 nitrogen and oxygen atoms in total. The van der Waals surface area contributed by atoms with Crippen molar-refractivity contribution in [3.05, 3.63) is 24.3 Å². The van der Waals surface area contributed by atoms with Crippen molar-refractivity contribution in [1.29, 1.82) is 0 Å². The number of nitrogens with one attached hydrogen (secondary N) is 1. The predicted molar refractivity (Wildman–Crippen MR) is 106 cm³/mol. The fourth-order valence-corrected chi connectivity index (χ4v) is 5.47. The number of benzene rings is 1. The van der Waals surface area contributed by atoms with E-state index in [2.05, 4.69) is 24.1 Å². The van der Waals surface area contributed by atoms with Crippen molar-refractivity contribution in [2.45, 2.75) is 32.7 Å². The van der Waals surface area contributed by atoms with Gasteiger partial charge in [0.15, 0.2) is 9.84 Å². The van der Waals surface area contributed by atoms with Crippen molar-refractivity contribution in [3.63, 3.8) is 0 Å². The largest absolute Gasteiger partial charge is 0.372 e. The van der Waals surface area contributed by atoms with Gasteiger partial charge in [0.25, 0.3) is 0 Å². The Hall–Kier alpha value is -2.09. The standard InChI is InChI=1S/C19H27N3O4S/c1-3-21(4-2)16-5-7-17(8-6-16)22-12-14(11-18(22)23)19(24)20-15-9-10-27(25,26)13-15/h5-8,14-15H,3-4,9-13H2,1-2H3,(H,20,24). The van der Waals surface area contributed by atoms with E-state index in [0.29, 0.717) is 13.0 Å². The summed E-state index contributed by atoms with van der Waals surface area (Å²) in [5.74, 6) is -0.636. The number of sulfone groups is 1. The van der Waals surface area contributed by atoms with Crippen molar-refractivity contribution < 1.29 is 18.0 Å². The molecule has 0 aromatic heterocycles. The summed E-state index contributed by atoms with van der Waals surface area (Å²) in [5.41, 5.74) is 1.89. The van der Waals surface area contributed by atoms with Crippen LogP contribution in [0.25, 0.3) is 0 Å². The van der Waals surface area contributed by atoms with E-state index in [9.17, 15) is 18.0 Å². The first-order valence-electron chi connectivity index (χ1n) is 9.49. The zero-order chi connectivity index (χ0) is 19.6. The average Bonchev–Trinajstić information content (AvgIpc) is 3.19. The van der Waals surface area contributed by atoms with Gasteiger partial charge in [0.1, 0.15) is 0 Å². The summed E-state index contributed by atoms with van der Waals surface area (Å²) < 4.78 is 23.1. The van der Waals surface area contributed by atoms with Crippen LogP contribution in [0.1, 0.15) is 26.7 Å². The lowest BCUT2D eigenvalue weighted by atomic mass is 10.1. The molecule has 0 spiro atoms. The molecule has 2 amide bonds. The van der Waals surface area contributed by atoms with Crippen LogP contribution in [0.3, 0.4) is 0 Å². The number of rotatable bonds is 6. The summed E-state index contributed by atoms with van der Waals surface area (Å²) in [7, 11) is -3.04. The van der Waals surface area contributed by atoms with Gasteiger partial charge in [-0.3, -0.25) is 9.59 Å². The van der Waals surface area contributed by atoms with E-state index in [1.165, 1.54) is 0 Å². The Bertz CT molecular complexity index is 803. The molecule has 2 aliphatic rings. The third kappa shape index (κ3) is 4.43. The minimum absolute atomic E-state index is 0.00403. The Kier molecular flexibility index (Phi) is 5.74. The summed E-state index contributed by atoms with van der Waals surface area (Å²) in [6.07, 6.45) is 0.606. The number of hydrogen-bond acceptors (Lipinski definition) is 5. The molecular formula is C19H27N3O4S. The van der Waals surface area contributed by atoms with Gasteiger partial charge in [-0.1, -0.05) is 0 Å². The third-order valence-electron chi connectivity index (χ3n) is 5.36. The first-order chi connectivity index (χ1) is 12.8. The maximum atomic E-state index is 12.5. The lowest BCUT2D eigenvalue weighted by Gasteiger charge is -2.23. The lowest BCUT2D eigenvalue weighted by molar-refractivity contribution is -0.126. The normalized spacial score (nSPS) is 24.2. The summed E-state index contributed by atoms with van der Waals surface area (Å²) in [4.78, 5) is 28.7. The average molecular weight is 394 g/mol. The molecule has 8 heteroatoms. The van der Waals surface area contributed by atoms with E-state index in [-0.39, 0.29) is 35.8 Å². The topological polar surface area (TPSA) is 86.8 Å². The van der Waals surface area contributed by atoms with Gasteiger partial charge < -0.3 is 15.1 Å². The molecule has 27 heavy (non-hydrogen) atoms. The second kappa shape index (κ2) is 7.88. The highest BCUT2D eigenvalue weighted by Gasteiger charge is 2.37. The fourth-order valence-electron chi connectivity index (χ4n) is 3.79. The van der Waals surface area contributed by atoms with Crippen molar-refractivity contribution in [3.8, 4) is 0 Å². The van der Waals surface area contributed by atoms with Crippen molar-refractivity contribution >= 4 is 33.0 Å². The number of anilines is 2. The van der Waals surface area contributed by atoms with Crippen LogP contribution >= 0.6 is 0 Å². The molecule has 0 aliphatic carbocycles. The first-order valence-corrected chi connectivity index (χ1v) is 11.3. The van der Waals surface area contributed by atoms with E-state index in [4.69, 9.17) is 0 Å². The van der Waals surface area contributed by atoms with E-state index < -0.39 is 15.8 Å². The van der Waals surface area contributed by atoms with Crippen molar-refractivity contribution in [2.75, 3.05) is 40.9 Å². The zero-order valence-corrected chi connectivity index (χ0v) is 16.7. The molecule has 0 bridgehead atoms. The SMILES string of the molecule is CCN(CC)c1ccc(N2CC(C(=O)NC3CCS(=O)(=O)C3)CC2=O)cc1. The number of hydrogen-bond donors (Lipinski definition) is 1. The van der Waals surface area contributed by atoms with Crippen LogP contribution in [-0.2, 0) is 19.4 Å². The molecule has 0 radical (unpaired) electrons. The van der Waals surface area contributed by atoms with Crippen LogP contribution in [0.15, 0.2) is 24.3 Å². The molecule has 2 heterocycles. The second-order valence-electron chi connectivity index (χ2n) is 7.20. The van der Waals surface area contributed by atoms with E-state index in [1.807, 2.05) is 24.3 Å². The highest BCUT2D eigenvalue weighted by atomic mass is 32.2. The quantitative estimate of drug-likeness (QED) is 0.785. The predicted octanol–water partition coefficient (Wildman–Crippen LogP) is 1.19. The minimum atomic E-state index is -3.04. The van der Waals surface area contributed by atoms with Crippen molar-refractivity contribution in [2.24, 2.45) is 5.92 Å². The Labute approximate surface area is 160 Å². The van der Waals surface area contributed by atoms with Crippen LogP contribution < -0.4 is 15.1 Å². The van der Waals surface area contributed by atoms with Crippen molar-refractivity contribution in [1.82, 2.24) is 5.32 Å². The highest BCUT2D eigenvalue weighted by molar-refractivity contribution is 7.91. The first kappa shape index (κ1) is 19.7. The molecule has 2 unspecified atom stereocenters. The Morgan fingerprint density at radius 2 is 1.89 bits per heavy atom.